The molecule has 0 aliphatic heterocycles. The average Bonchev–Trinajstić information content (AvgIpc) is 3.23. The molecule has 0 aliphatic carbocycles. The van der Waals surface area contributed by atoms with E-state index in [1.165, 1.54) is 28.4 Å². The quantitative estimate of drug-likeness (QED) is 0.345. The average molecular weight is 480 g/mol. The second kappa shape index (κ2) is 11.0. The number of hydrogen-bond acceptors (Lipinski definition) is 5. The molecule has 0 unspecified atom stereocenters. The summed E-state index contributed by atoms with van der Waals surface area (Å²) >= 11 is 1.19. The fraction of sp³-hybridized carbons (Fsp3) is 0.227. The van der Waals surface area contributed by atoms with Gasteiger partial charge in [-0.15, -0.1) is 11.3 Å². The van der Waals surface area contributed by atoms with Gasteiger partial charge in [0.1, 0.15) is 5.82 Å². The van der Waals surface area contributed by atoms with Gasteiger partial charge < -0.3 is 10.6 Å². The molecule has 0 radical (unpaired) electrons. The Bertz CT molecular complexity index is 1140. The highest BCUT2D eigenvalue weighted by Crippen LogP contribution is 2.25. The summed E-state index contributed by atoms with van der Waals surface area (Å²) in [5.41, 5.74) is 0.784. The first-order chi connectivity index (χ1) is 15.8. The normalized spacial score (nSPS) is 11.0. The van der Waals surface area contributed by atoms with Crippen LogP contribution in [-0.2, 0) is 9.59 Å². The van der Waals surface area contributed by atoms with Crippen LogP contribution in [0.4, 0.5) is 28.4 Å². The van der Waals surface area contributed by atoms with Crippen molar-refractivity contribution in [1.29, 1.82) is 0 Å². The largest absolute Gasteiger partial charge is 0.322 e. The summed E-state index contributed by atoms with van der Waals surface area (Å²) in [5, 5.41) is 6.89. The smallest absolute Gasteiger partial charge is 0.240 e. The summed E-state index contributed by atoms with van der Waals surface area (Å²) in [5.74, 6) is -6.01. The van der Waals surface area contributed by atoms with E-state index in [1.807, 2.05) is 6.92 Å². The third-order valence-corrected chi connectivity index (χ3v) is 5.23. The molecule has 0 spiro atoms. The molecule has 1 heterocycles. The van der Waals surface area contributed by atoms with Crippen LogP contribution in [0.2, 0.25) is 0 Å². The molecule has 3 aromatic rings. The molecule has 0 fully saturated rings. The monoisotopic (exact) mass is 480 g/mol. The molecular weight excluding hydrogens is 460 g/mol. The van der Waals surface area contributed by atoms with Crippen molar-refractivity contribution in [3.05, 3.63) is 65.0 Å². The third kappa shape index (κ3) is 6.59. The Morgan fingerprint density at radius 1 is 0.939 bits per heavy atom. The molecule has 0 aliphatic rings. The van der Waals surface area contributed by atoms with Gasteiger partial charge in [-0.2, -0.15) is 0 Å². The van der Waals surface area contributed by atoms with Gasteiger partial charge >= 0.3 is 0 Å². The van der Waals surface area contributed by atoms with Crippen LogP contribution in [0.1, 0.15) is 13.3 Å². The first-order valence-electron chi connectivity index (χ1n) is 9.93. The van der Waals surface area contributed by atoms with Crippen molar-refractivity contribution in [2.75, 3.05) is 30.3 Å². The van der Waals surface area contributed by atoms with Crippen LogP contribution in [0.15, 0.2) is 41.8 Å². The third-order valence-electron chi connectivity index (χ3n) is 4.47. The molecule has 0 bridgehead atoms. The Morgan fingerprint density at radius 3 is 2.27 bits per heavy atom. The number of benzene rings is 2. The number of nitrogens with zero attached hydrogens (tertiary/aromatic N) is 2. The van der Waals surface area contributed by atoms with E-state index in [0.29, 0.717) is 35.4 Å². The molecule has 1 aromatic heterocycles. The molecule has 0 saturated heterocycles. The molecule has 3 rings (SSSR count). The van der Waals surface area contributed by atoms with Gasteiger partial charge in [0.2, 0.25) is 11.8 Å². The number of thiazole rings is 1. The zero-order valence-corrected chi connectivity index (χ0v) is 18.3. The first kappa shape index (κ1) is 24.3. The van der Waals surface area contributed by atoms with E-state index in [9.17, 15) is 27.2 Å². The molecule has 0 saturated carbocycles. The fourth-order valence-corrected chi connectivity index (χ4v) is 3.73. The lowest BCUT2D eigenvalue weighted by molar-refractivity contribution is -0.120. The Hall–Kier alpha value is -3.31. The zero-order chi connectivity index (χ0) is 24.0. The lowest BCUT2D eigenvalue weighted by atomic mass is 10.2. The summed E-state index contributed by atoms with van der Waals surface area (Å²) in [6, 6.07) is 7.41. The number of nitrogens with one attached hydrogen (secondary N) is 2. The van der Waals surface area contributed by atoms with Gasteiger partial charge in [-0.05, 0) is 49.4 Å². The van der Waals surface area contributed by atoms with Gasteiger partial charge in [-0.25, -0.2) is 22.5 Å². The number of anilines is 2. The van der Waals surface area contributed by atoms with Gasteiger partial charge in [0, 0.05) is 10.9 Å². The predicted octanol–water partition coefficient (Wildman–Crippen LogP) is 4.66. The van der Waals surface area contributed by atoms with Crippen molar-refractivity contribution in [2.45, 2.75) is 13.3 Å². The van der Waals surface area contributed by atoms with Crippen LogP contribution in [0.25, 0.3) is 11.3 Å². The maximum absolute atomic E-state index is 13.8. The maximum atomic E-state index is 13.8. The minimum atomic E-state index is -1.68. The predicted molar refractivity (Wildman–Crippen MR) is 118 cm³/mol. The molecule has 33 heavy (non-hydrogen) atoms. The van der Waals surface area contributed by atoms with E-state index >= 15 is 0 Å². The van der Waals surface area contributed by atoms with Crippen LogP contribution >= 0.6 is 11.3 Å². The molecule has 2 N–H and O–H groups in total. The summed E-state index contributed by atoms with van der Waals surface area (Å²) < 4.78 is 53.2. The second-order valence-corrected chi connectivity index (χ2v) is 7.93. The standard InChI is InChI=1S/C22H20F4N4O2S/c1-2-9-30(10-18(31)27-16-8-7-15(24)20(25)21(16)26)11-19(32)29-22-28-17(12-33-22)13-3-5-14(23)6-4-13/h3-8,12H,2,9-11H2,1H3,(H,27,31)(H,28,29,32). The van der Waals surface area contributed by atoms with E-state index in [0.717, 1.165) is 6.07 Å². The molecular formula is C22H20F4N4O2S. The molecule has 2 aromatic carbocycles. The summed E-state index contributed by atoms with van der Waals surface area (Å²) in [7, 11) is 0. The highest BCUT2D eigenvalue weighted by atomic mass is 32.1. The van der Waals surface area contributed by atoms with Crippen molar-refractivity contribution in [1.82, 2.24) is 9.88 Å². The number of amides is 2. The molecule has 0 atom stereocenters. The van der Waals surface area contributed by atoms with Gasteiger partial charge in [0.15, 0.2) is 22.6 Å². The Balaban J connectivity index is 1.58. The van der Waals surface area contributed by atoms with Crippen LogP contribution in [-0.4, -0.2) is 41.3 Å². The fourth-order valence-electron chi connectivity index (χ4n) is 2.99. The SMILES string of the molecule is CCCN(CC(=O)Nc1nc(-c2ccc(F)cc2)cs1)CC(=O)Nc1ccc(F)c(F)c1F. The summed E-state index contributed by atoms with van der Waals surface area (Å²) in [6.07, 6.45) is 0.631. The number of hydrogen-bond donors (Lipinski definition) is 2. The molecule has 174 valence electrons. The van der Waals surface area contributed by atoms with Crippen molar-refractivity contribution in [3.8, 4) is 11.3 Å². The van der Waals surface area contributed by atoms with E-state index in [2.05, 4.69) is 15.6 Å². The highest BCUT2D eigenvalue weighted by Gasteiger charge is 2.19. The van der Waals surface area contributed by atoms with Crippen molar-refractivity contribution in [2.24, 2.45) is 0 Å². The molecule has 11 heteroatoms. The number of rotatable bonds is 9. The first-order valence-corrected chi connectivity index (χ1v) is 10.8. The molecule has 2 amide bonds. The highest BCUT2D eigenvalue weighted by molar-refractivity contribution is 7.14. The number of carbonyl (C=O) groups excluding carboxylic acids is 2. The van der Waals surface area contributed by atoms with Crippen molar-refractivity contribution < 1.29 is 27.2 Å². The molecule has 6 nitrogen and oxygen atoms in total. The van der Waals surface area contributed by atoms with Crippen LogP contribution in [0.3, 0.4) is 0 Å². The van der Waals surface area contributed by atoms with E-state index in [4.69, 9.17) is 0 Å². The Kier molecular flexibility index (Phi) is 8.12. The summed E-state index contributed by atoms with van der Waals surface area (Å²) in [6.45, 7) is 1.83. The second-order valence-electron chi connectivity index (χ2n) is 7.07. The Morgan fingerprint density at radius 2 is 1.61 bits per heavy atom. The van der Waals surface area contributed by atoms with Crippen LogP contribution < -0.4 is 10.6 Å². The lowest BCUT2D eigenvalue weighted by Gasteiger charge is -2.20. The maximum Gasteiger partial charge on any atom is 0.240 e. The van der Waals surface area contributed by atoms with Crippen LogP contribution in [0, 0.1) is 23.3 Å². The zero-order valence-electron chi connectivity index (χ0n) is 17.5. The number of aromatic nitrogens is 1. The van der Waals surface area contributed by atoms with Crippen molar-refractivity contribution >= 4 is 34.0 Å². The van der Waals surface area contributed by atoms with Gasteiger partial charge in [0.05, 0.1) is 24.5 Å². The minimum absolute atomic E-state index is 0.146. The number of carbonyl (C=O) groups is 2. The van der Waals surface area contributed by atoms with Crippen molar-refractivity contribution in [3.63, 3.8) is 0 Å². The number of halogens is 4. The lowest BCUT2D eigenvalue weighted by Crippen LogP contribution is -2.39. The van der Waals surface area contributed by atoms with E-state index in [1.54, 1.807) is 17.5 Å². The Labute approximate surface area is 191 Å². The van der Waals surface area contributed by atoms with Gasteiger partial charge in [-0.1, -0.05) is 6.92 Å². The minimum Gasteiger partial charge on any atom is -0.322 e. The van der Waals surface area contributed by atoms with E-state index in [-0.39, 0.29) is 18.9 Å². The summed E-state index contributed by atoms with van der Waals surface area (Å²) in [4.78, 5) is 30.5. The van der Waals surface area contributed by atoms with Gasteiger partial charge in [-0.3, -0.25) is 14.5 Å². The topological polar surface area (TPSA) is 74.3 Å². The van der Waals surface area contributed by atoms with Gasteiger partial charge in [0.25, 0.3) is 0 Å². The van der Waals surface area contributed by atoms with E-state index < -0.39 is 35.0 Å². The van der Waals surface area contributed by atoms with Crippen LogP contribution in [0.5, 0.6) is 0 Å².